The minimum atomic E-state index is -4.10. The number of nitrogens with zero attached hydrogens (tertiary/aromatic N) is 1. The topological polar surface area (TPSA) is 74.7 Å². The number of rotatable bonds is 3. The summed E-state index contributed by atoms with van der Waals surface area (Å²) in [7, 11) is -4.10. The van der Waals surface area contributed by atoms with Crippen LogP contribution >= 0.6 is 0 Å². The van der Waals surface area contributed by atoms with Crippen molar-refractivity contribution in [2.45, 2.75) is 17.9 Å². The molecule has 0 atom stereocenters. The third kappa shape index (κ3) is 2.85. The molecule has 0 fully saturated rings. The molecule has 23 heavy (non-hydrogen) atoms. The van der Waals surface area contributed by atoms with Crippen LogP contribution in [0.1, 0.15) is 21.5 Å². The van der Waals surface area contributed by atoms with Crippen LogP contribution in [-0.2, 0) is 23.0 Å². The molecule has 0 aromatic heterocycles. The van der Waals surface area contributed by atoms with Gasteiger partial charge in [0.2, 0.25) is 10.0 Å². The summed E-state index contributed by atoms with van der Waals surface area (Å²) in [4.78, 5) is 10.4. The Hall–Kier alpha value is -2.25. The summed E-state index contributed by atoms with van der Waals surface area (Å²) < 4.78 is 40.5. The minimum absolute atomic E-state index is 0.148. The molecule has 1 aliphatic heterocycles. The van der Waals surface area contributed by atoms with Crippen LogP contribution in [0.25, 0.3) is 0 Å². The zero-order valence-corrected chi connectivity index (χ0v) is 12.9. The highest BCUT2D eigenvalue weighted by Gasteiger charge is 2.31. The van der Waals surface area contributed by atoms with Gasteiger partial charge in [-0.05, 0) is 35.7 Å². The number of carboxylic acid groups (broad SMARTS) is 1. The van der Waals surface area contributed by atoms with Gasteiger partial charge in [0, 0.05) is 13.1 Å². The van der Waals surface area contributed by atoms with Gasteiger partial charge in [-0.2, -0.15) is 4.31 Å². The van der Waals surface area contributed by atoms with Crippen molar-refractivity contribution in [1.29, 1.82) is 0 Å². The largest absolute Gasteiger partial charge is 0.478 e. The van der Waals surface area contributed by atoms with Crippen molar-refractivity contribution in [3.8, 4) is 0 Å². The van der Waals surface area contributed by atoms with Crippen molar-refractivity contribution in [2.75, 3.05) is 6.54 Å². The van der Waals surface area contributed by atoms with Gasteiger partial charge in [-0.25, -0.2) is 17.6 Å². The number of hydrogen-bond donors (Lipinski definition) is 1. The molecule has 0 unspecified atom stereocenters. The molecule has 0 aliphatic carbocycles. The van der Waals surface area contributed by atoms with E-state index < -0.39 is 26.7 Å². The Morgan fingerprint density at radius 1 is 1.13 bits per heavy atom. The van der Waals surface area contributed by atoms with E-state index in [-0.39, 0.29) is 18.7 Å². The standard InChI is InChI=1S/C16H14FNO4S/c17-14-6-5-12(16(19)20)9-15(14)23(21,22)18-8-7-11-3-1-2-4-13(11)10-18/h1-6,9H,7-8,10H2,(H,19,20). The molecule has 5 nitrogen and oxygen atoms in total. The molecule has 1 heterocycles. The quantitative estimate of drug-likeness (QED) is 0.934. The van der Waals surface area contributed by atoms with E-state index in [0.717, 1.165) is 29.3 Å². The van der Waals surface area contributed by atoms with E-state index in [2.05, 4.69) is 0 Å². The van der Waals surface area contributed by atoms with Crippen LogP contribution in [0.15, 0.2) is 47.4 Å². The van der Waals surface area contributed by atoms with Gasteiger partial charge in [-0.1, -0.05) is 24.3 Å². The first-order valence-electron chi connectivity index (χ1n) is 6.99. The number of carboxylic acids is 1. The lowest BCUT2D eigenvalue weighted by Crippen LogP contribution is -2.36. The van der Waals surface area contributed by atoms with Gasteiger partial charge in [0.25, 0.3) is 0 Å². The Balaban J connectivity index is 2.00. The molecule has 120 valence electrons. The minimum Gasteiger partial charge on any atom is -0.478 e. The van der Waals surface area contributed by atoms with E-state index >= 15 is 0 Å². The Morgan fingerprint density at radius 2 is 1.83 bits per heavy atom. The van der Waals surface area contributed by atoms with E-state index in [9.17, 15) is 17.6 Å². The average molecular weight is 335 g/mol. The van der Waals surface area contributed by atoms with Gasteiger partial charge in [-0.15, -0.1) is 0 Å². The Kier molecular flexibility index (Phi) is 3.91. The fraction of sp³-hybridized carbons (Fsp3) is 0.188. The Bertz CT molecular complexity index is 879. The van der Waals surface area contributed by atoms with E-state index in [4.69, 9.17) is 5.11 Å². The molecular weight excluding hydrogens is 321 g/mol. The number of hydrogen-bond acceptors (Lipinski definition) is 3. The summed E-state index contributed by atoms with van der Waals surface area (Å²) in [6, 6.07) is 10.3. The van der Waals surface area contributed by atoms with Gasteiger partial charge in [0.1, 0.15) is 10.7 Å². The lowest BCUT2D eigenvalue weighted by atomic mass is 10.0. The number of fused-ring (bicyclic) bond motifs is 1. The monoisotopic (exact) mass is 335 g/mol. The number of benzene rings is 2. The van der Waals surface area contributed by atoms with Crippen LogP contribution in [0.4, 0.5) is 4.39 Å². The van der Waals surface area contributed by atoms with Crippen LogP contribution in [0.5, 0.6) is 0 Å². The maximum atomic E-state index is 14.0. The highest BCUT2D eigenvalue weighted by Crippen LogP contribution is 2.26. The summed E-state index contributed by atoms with van der Waals surface area (Å²) in [5, 5.41) is 8.98. The lowest BCUT2D eigenvalue weighted by Gasteiger charge is -2.28. The van der Waals surface area contributed by atoms with E-state index in [1.54, 1.807) is 0 Å². The van der Waals surface area contributed by atoms with Crippen molar-refractivity contribution in [2.24, 2.45) is 0 Å². The zero-order chi connectivity index (χ0) is 16.6. The SMILES string of the molecule is O=C(O)c1ccc(F)c(S(=O)(=O)N2CCc3ccccc3C2)c1. The first-order valence-corrected chi connectivity index (χ1v) is 8.43. The second-order valence-electron chi connectivity index (χ2n) is 5.31. The Labute approximate surface area is 133 Å². The van der Waals surface area contributed by atoms with E-state index in [0.29, 0.717) is 6.42 Å². The van der Waals surface area contributed by atoms with Crippen LogP contribution in [-0.4, -0.2) is 30.3 Å². The smallest absolute Gasteiger partial charge is 0.335 e. The average Bonchev–Trinajstić information content (AvgIpc) is 2.54. The lowest BCUT2D eigenvalue weighted by molar-refractivity contribution is 0.0696. The second-order valence-corrected chi connectivity index (χ2v) is 7.21. The highest BCUT2D eigenvalue weighted by atomic mass is 32.2. The predicted octanol–water partition coefficient (Wildman–Crippen LogP) is 2.27. The van der Waals surface area contributed by atoms with Crippen LogP contribution in [0.3, 0.4) is 0 Å². The van der Waals surface area contributed by atoms with Crippen LogP contribution in [0, 0.1) is 5.82 Å². The molecule has 0 saturated carbocycles. The third-order valence-corrected chi connectivity index (χ3v) is 5.75. The number of aromatic carboxylic acids is 1. The summed E-state index contributed by atoms with van der Waals surface area (Å²) in [6.45, 7) is 0.380. The number of halogens is 1. The summed E-state index contributed by atoms with van der Waals surface area (Å²) in [5.41, 5.74) is 1.68. The molecule has 1 aliphatic rings. The molecule has 1 N–H and O–H groups in total. The summed E-state index contributed by atoms with van der Waals surface area (Å²) in [5.74, 6) is -2.25. The number of carbonyl (C=O) groups is 1. The normalized spacial score (nSPS) is 15.2. The van der Waals surface area contributed by atoms with Crippen LogP contribution < -0.4 is 0 Å². The molecule has 0 bridgehead atoms. The van der Waals surface area contributed by atoms with Gasteiger partial charge in [0.15, 0.2) is 0 Å². The molecule has 2 aromatic carbocycles. The molecule has 0 spiro atoms. The number of sulfonamides is 1. The molecular formula is C16H14FNO4S. The Morgan fingerprint density at radius 3 is 2.52 bits per heavy atom. The fourth-order valence-electron chi connectivity index (χ4n) is 2.65. The molecule has 2 aromatic rings. The molecule has 0 radical (unpaired) electrons. The zero-order valence-electron chi connectivity index (χ0n) is 12.1. The van der Waals surface area contributed by atoms with Crippen molar-refractivity contribution in [3.63, 3.8) is 0 Å². The van der Waals surface area contributed by atoms with Crippen LogP contribution in [0.2, 0.25) is 0 Å². The van der Waals surface area contributed by atoms with Gasteiger partial charge in [-0.3, -0.25) is 0 Å². The van der Waals surface area contributed by atoms with Crippen molar-refractivity contribution in [1.82, 2.24) is 4.31 Å². The highest BCUT2D eigenvalue weighted by molar-refractivity contribution is 7.89. The predicted molar refractivity (Wildman–Crippen MR) is 81.1 cm³/mol. The third-order valence-electron chi connectivity index (χ3n) is 3.89. The maximum Gasteiger partial charge on any atom is 0.335 e. The van der Waals surface area contributed by atoms with Crippen molar-refractivity contribution >= 4 is 16.0 Å². The van der Waals surface area contributed by atoms with Gasteiger partial charge >= 0.3 is 5.97 Å². The van der Waals surface area contributed by atoms with Gasteiger partial charge in [0.05, 0.1) is 5.56 Å². The fourth-order valence-corrected chi connectivity index (χ4v) is 4.16. The molecule has 0 saturated heterocycles. The van der Waals surface area contributed by atoms with Gasteiger partial charge < -0.3 is 5.11 Å². The van der Waals surface area contributed by atoms with Crippen molar-refractivity contribution < 1.29 is 22.7 Å². The van der Waals surface area contributed by atoms with E-state index in [1.165, 1.54) is 4.31 Å². The molecule has 3 rings (SSSR count). The first-order chi connectivity index (χ1) is 10.9. The maximum absolute atomic E-state index is 14.0. The van der Waals surface area contributed by atoms with E-state index in [1.807, 2.05) is 24.3 Å². The summed E-state index contributed by atoms with van der Waals surface area (Å²) >= 11 is 0. The second kappa shape index (κ2) is 5.75. The molecule has 7 heteroatoms. The van der Waals surface area contributed by atoms with Crippen molar-refractivity contribution in [3.05, 3.63) is 65.0 Å². The molecule has 0 amide bonds. The summed E-state index contributed by atoms with van der Waals surface area (Å²) in [6.07, 6.45) is 0.537. The first kappa shape index (κ1) is 15.6.